The van der Waals surface area contributed by atoms with E-state index in [0.717, 1.165) is 30.0 Å². The number of rotatable bonds is 4. The summed E-state index contributed by atoms with van der Waals surface area (Å²) in [5, 5.41) is 2.34. The summed E-state index contributed by atoms with van der Waals surface area (Å²) in [6.45, 7) is 1.19. The van der Waals surface area contributed by atoms with Crippen molar-refractivity contribution in [2.45, 2.75) is 13.1 Å². The Labute approximate surface area is 135 Å². The molecule has 126 valence electrons. The highest BCUT2D eigenvalue weighted by Crippen LogP contribution is 2.29. The van der Waals surface area contributed by atoms with E-state index in [2.05, 4.69) is 10.3 Å². The first-order valence-corrected chi connectivity index (χ1v) is 6.82. The number of halogens is 3. The molecule has 5 nitrogen and oxygen atoms in total. The standard InChI is InChI=1S/C16H13F3N2O3/c1-10-2-3-11(8-20-10)15(23)24-9-14(22)21-13-6-4-12(5-7-13)16(17,18)19/h2-8H,9H2,1H3,(H,21,22). The Kier molecular flexibility index (Phi) is 5.18. The average molecular weight is 338 g/mol. The molecule has 0 saturated carbocycles. The van der Waals surface area contributed by atoms with Gasteiger partial charge >= 0.3 is 12.1 Å². The van der Waals surface area contributed by atoms with Gasteiger partial charge in [-0.15, -0.1) is 0 Å². The maximum absolute atomic E-state index is 12.4. The molecular weight excluding hydrogens is 325 g/mol. The fourth-order valence-corrected chi connectivity index (χ4v) is 1.74. The van der Waals surface area contributed by atoms with Crippen LogP contribution in [0, 0.1) is 6.92 Å². The van der Waals surface area contributed by atoms with E-state index < -0.39 is 30.2 Å². The minimum absolute atomic E-state index is 0.168. The van der Waals surface area contributed by atoms with Gasteiger partial charge in [0.25, 0.3) is 5.91 Å². The molecule has 0 radical (unpaired) electrons. The summed E-state index contributed by atoms with van der Waals surface area (Å²) in [4.78, 5) is 27.3. The number of ether oxygens (including phenoxy) is 1. The van der Waals surface area contributed by atoms with Gasteiger partial charge < -0.3 is 10.1 Å². The molecular formula is C16H13F3N2O3. The Morgan fingerprint density at radius 1 is 1.12 bits per heavy atom. The molecule has 0 fully saturated rings. The Hall–Kier alpha value is -2.90. The predicted molar refractivity (Wildman–Crippen MR) is 79.3 cm³/mol. The summed E-state index contributed by atoms with van der Waals surface area (Å²) >= 11 is 0. The molecule has 0 aliphatic carbocycles. The van der Waals surface area contributed by atoms with Gasteiger partial charge in [-0.2, -0.15) is 13.2 Å². The van der Waals surface area contributed by atoms with Crippen LogP contribution in [0.15, 0.2) is 42.6 Å². The molecule has 0 aliphatic rings. The molecule has 1 aromatic heterocycles. The van der Waals surface area contributed by atoms with E-state index in [1.807, 2.05) is 0 Å². The number of aryl methyl sites for hydroxylation is 1. The SMILES string of the molecule is Cc1ccc(C(=O)OCC(=O)Nc2ccc(C(F)(F)F)cc2)cn1. The number of hydrogen-bond donors (Lipinski definition) is 1. The zero-order chi connectivity index (χ0) is 17.7. The predicted octanol–water partition coefficient (Wildman–Crippen LogP) is 3.20. The van der Waals surface area contributed by atoms with Gasteiger partial charge in [0.1, 0.15) is 0 Å². The second kappa shape index (κ2) is 7.12. The fraction of sp³-hybridized carbons (Fsp3) is 0.188. The monoisotopic (exact) mass is 338 g/mol. The van der Waals surface area contributed by atoms with Crippen molar-refractivity contribution in [2.24, 2.45) is 0 Å². The third-order valence-electron chi connectivity index (χ3n) is 2.98. The lowest BCUT2D eigenvalue weighted by atomic mass is 10.2. The van der Waals surface area contributed by atoms with Crippen molar-refractivity contribution in [3.63, 3.8) is 0 Å². The first-order chi connectivity index (χ1) is 11.3. The summed E-state index contributed by atoms with van der Waals surface area (Å²) in [5.74, 6) is -1.38. The Bertz CT molecular complexity index is 726. The van der Waals surface area contributed by atoms with Crippen LogP contribution >= 0.6 is 0 Å². The van der Waals surface area contributed by atoms with Crippen LogP contribution in [0.5, 0.6) is 0 Å². The number of amides is 1. The van der Waals surface area contributed by atoms with E-state index in [1.54, 1.807) is 13.0 Å². The van der Waals surface area contributed by atoms with Gasteiger partial charge in [-0.25, -0.2) is 4.79 Å². The quantitative estimate of drug-likeness (QED) is 0.869. The zero-order valence-electron chi connectivity index (χ0n) is 12.6. The summed E-state index contributed by atoms with van der Waals surface area (Å²) < 4.78 is 42.1. The number of pyridine rings is 1. The van der Waals surface area contributed by atoms with Crippen LogP contribution in [0.2, 0.25) is 0 Å². The van der Waals surface area contributed by atoms with Crippen LogP contribution in [0.4, 0.5) is 18.9 Å². The largest absolute Gasteiger partial charge is 0.452 e. The van der Waals surface area contributed by atoms with E-state index in [0.29, 0.717) is 0 Å². The third-order valence-corrected chi connectivity index (χ3v) is 2.98. The van der Waals surface area contributed by atoms with Crippen molar-refractivity contribution in [2.75, 3.05) is 11.9 Å². The highest BCUT2D eigenvalue weighted by molar-refractivity contribution is 5.95. The van der Waals surface area contributed by atoms with Crippen molar-refractivity contribution < 1.29 is 27.5 Å². The van der Waals surface area contributed by atoms with Crippen LogP contribution in [0.3, 0.4) is 0 Å². The Morgan fingerprint density at radius 3 is 2.33 bits per heavy atom. The number of aromatic nitrogens is 1. The average Bonchev–Trinajstić information content (AvgIpc) is 2.53. The molecule has 1 aromatic carbocycles. The molecule has 0 aliphatic heterocycles. The molecule has 1 N–H and O–H groups in total. The number of anilines is 1. The molecule has 0 bridgehead atoms. The summed E-state index contributed by atoms with van der Waals surface area (Å²) in [7, 11) is 0. The van der Waals surface area contributed by atoms with Gasteiger partial charge in [0, 0.05) is 17.6 Å². The normalized spacial score (nSPS) is 11.0. The van der Waals surface area contributed by atoms with Crippen molar-refractivity contribution in [1.29, 1.82) is 0 Å². The van der Waals surface area contributed by atoms with Gasteiger partial charge in [-0.3, -0.25) is 9.78 Å². The topological polar surface area (TPSA) is 68.3 Å². The van der Waals surface area contributed by atoms with Crippen LogP contribution in [0.25, 0.3) is 0 Å². The maximum Gasteiger partial charge on any atom is 0.416 e. The lowest BCUT2D eigenvalue weighted by Gasteiger charge is -2.09. The number of carbonyl (C=O) groups excluding carboxylic acids is 2. The van der Waals surface area contributed by atoms with Gasteiger partial charge in [0.2, 0.25) is 0 Å². The van der Waals surface area contributed by atoms with E-state index in [9.17, 15) is 22.8 Å². The van der Waals surface area contributed by atoms with Gasteiger partial charge in [0.05, 0.1) is 11.1 Å². The van der Waals surface area contributed by atoms with Crippen LogP contribution < -0.4 is 5.32 Å². The number of nitrogens with zero attached hydrogens (tertiary/aromatic N) is 1. The smallest absolute Gasteiger partial charge is 0.416 e. The molecule has 0 unspecified atom stereocenters. The number of carbonyl (C=O) groups is 2. The molecule has 8 heteroatoms. The minimum atomic E-state index is -4.44. The Balaban J connectivity index is 1.87. The maximum atomic E-state index is 12.4. The molecule has 2 aromatic rings. The lowest BCUT2D eigenvalue weighted by Crippen LogP contribution is -2.21. The van der Waals surface area contributed by atoms with E-state index in [1.165, 1.54) is 12.3 Å². The van der Waals surface area contributed by atoms with Crippen LogP contribution in [-0.2, 0) is 15.7 Å². The van der Waals surface area contributed by atoms with Gasteiger partial charge in [0.15, 0.2) is 6.61 Å². The number of alkyl halides is 3. The molecule has 1 amide bonds. The summed E-state index contributed by atoms with van der Waals surface area (Å²) in [6, 6.07) is 7.06. The van der Waals surface area contributed by atoms with E-state index in [-0.39, 0.29) is 11.3 Å². The second-order valence-electron chi connectivity index (χ2n) is 4.89. The first-order valence-electron chi connectivity index (χ1n) is 6.82. The molecule has 24 heavy (non-hydrogen) atoms. The Morgan fingerprint density at radius 2 is 1.79 bits per heavy atom. The second-order valence-corrected chi connectivity index (χ2v) is 4.89. The first kappa shape index (κ1) is 17.5. The lowest BCUT2D eigenvalue weighted by molar-refractivity contribution is -0.137. The summed E-state index contributed by atoms with van der Waals surface area (Å²) in [6.07, 6.45) is -3.12. The highest BCUT2D eigenvalue weighted by Gasteiger charge is 2.29. The van der Waals surface area contributed by atoms with Gasteiger partial charge in [-0.05, 0) is 43.3 Å². The van der Waals surface area contributed by atoms with Crippen LogP contribution in [-0.4, -0.2) is 23.5 Å². The molecule has 2 rings (SSSR count). The minimum Gasteiger partial charge on any atom is -0.452 e. The van der Waals surface area contributed by atoms with Gasteiger partial charge in [-0.1, -0.05) is 0 Å². The van der Waals surface area contributed by atoms with E-state index >= 15 is 0 Å². The van der Waals surface area contributed by atoms with Crippen LogP contribution in [0.1, 0.15) is 21.6 Å². The fourth-order valence-electron chi connectivity index (χ4n) is 1.74. The zero-order valence-corrected chi connectivity index (χ0v) is 12.6. The van der Waals surface area contributed by atoms with Crippen molar-refractivity contribution in [3.8, 4) is 0 Å². The van der Waals surface area contributed by atoms with Crippen molar-refractivity contribution in [3.05, 3.63) is 59.4 Å². The van der Waals surface area contributed by atoms with E-state index in [4.69, 9.17) is 4.74 Å². The molecule has 1 heterocycles. The number of benzene rings is 1. The number of esters is 1. The van der Waals surface area contributed by atoms with Crippen molar-refractivity contribution in [1.82, 2.24) is 4.98 Å². The highest BCUT2D eigenvalue weighted by atomic mass is 19.4. The van der Waals surface area contributed by atoms with Crippen molar-refractivity contribution >= 4 is 17.6 Å². The number of nitrogens with one attached hydrogen (secondary N) is 1. The third kappa shape index (κ3) is 4.80. The molecule has 0 spiro atoms. The number of hydrogen-bond acceptors (Lipinski definition) is 4. The molecule has 0 atom stereocenters. The molecule has 0 saturated heterocycles. The summed E-state index contributed by atoms with van der Waals surface area (Å²) in [5.41, 5.74) is 0.273.